The largest absolute Gasteiger partial charge is 0.478 e. The van der Waals surface area contributed by atoms with Gasteiger partial charge in [0.05, 0.1) is 22.7 Å². The van der Waals surface area contributed by atoms with Crippen LogP contribution in [0.2, 0.25) is 0 Å². The molecule has 7 nitrogen and oxygen atoms in total. The molecule has 1 aromatic heterocycles. The zero-order valence-electron chi connectivity index (χ0n) is 15.9. The average Bonchev–Trinajstić information content (AvgIpc) is 3.09. The minimum Gasteiger partial charge on any atom is -0.478 e. The van der Waals surface area contributed by atoms with Gasteiger partial charge < -0.3 is 24.8 Å². The second kappa shape index (κ2) is 9.07. The Bertz CT molecular complexity index is 823. The number of thiophene rings is 1. The molecule has 1 aliphatic rings. The first kappa shape index (κ1) is 20.2. The van der Waals surface area contributed by atoms with Crippen LogP contribution in [0.25, 0.3) is 0 Å². The van der Waals surface area contributed by atoms with Crippen LogP contribution in [0.1, 0.15) is 27.2 Å². The summed E-state index contributed by atoms with van der Waals surface area (Å²) in [6.07, 6.45) is -0.00336. The van der Waals surface area contributed by atoms with Crippen molar-refractivity contribution >= 4 is 28.4 Å². The predicted octanol–water partition coefficient (Wildman–Crippen LogP) is 3.27. The Morgan fingerprint density at radius 1 is 1.32 bits per heavy atom. The number of aryl methyl sites for hydroxylation is 1. The molecule has 2 heterocycles. The van der Waals surface area contributed by atoms with Gasteiger partial charge in [-0.2, -0.15) is 0 Å². The summed E-state index contributed by atoms with van der Waals surface area (Å²) in [5.74, 6) is -0.916. The molecule has 150 valence electrons. The van der Waals surface area contributed by atoms with Crippen LogP contribution in [0.5, 0.6) is 0 Å². The van der Waals surface area contributed by atoms with Crippen LogP contribution in [-0.4, -0.2) is 49.5 Å². The summed E-state index contributed by atoms with van der Waals surface area (Å²) in [6, 6.07) is 11.1. The molecular weight excluding hydrogens is 380 g/mol. The summed E-state index contributed by atoms with van der Waals surface area (Å²) >= 11 is 1.46. The highest BCUT2D eigenvalue weighted by molar-refractivity contribution is 7.16. The zero-order valence-corrected chi connectivity index (χ0v) is 16.7. The molecule has 1 aliphatic heterocycles. The Balaban J connectivity index is 1.56. The third kappa shape index (κ3) is 4.82. The lowest BCUT2D eigenvalue weighted by atomic mass is 10.0. The lowest BCUT2D eigenvalue weighted by molar-refractivity contribution is 0.0547. The van der Waals surface area contributed by atoms with E-state index in [1.165, 1.54) is 11.3 Å². The number of hydrogen-bond acceptors (Lipinski definition) is 6. The maximum absolute atomic E-state index is 12.2. The van der Waals surface area contributed by atoms with Gasteiger partial charge in [-0.15, -0.1) is 11.3 Å². The number of carbonyl (C=O) groups is 2. The summed E-state index contributed by atoms with van der Waals surface area (Å²) in [6.45, 7) is 3.29. The lowest BCUT2D eigenvalue weighted by Gasteiger charge is -2.38. The van der Waals surface area contributed by atoms with Crippen molar-refractivity contribution in [1.82, 2.24) is 5.32 Å². The third-order valence-corrected chi connectivity index (χ3v) is 5.94. The number of nitrogens with one attached hydrogen (secondary N) is 1. The van der Waals surface area contributed by atoms with E-state index in [4.69, 9.17) is 9.47 Å². The molecule has 0 aliphatic carbocycles. The fourth-order valence-electron chi connectivity index (χ4n) is 3.27. The number of carboxylic acids is 1. The molecule has 0 radical (unpaired) electrons. The maximum atomic E-state index is 12.2. The van der Waals surface area contributed by atoms with Gasteiger partial charge in [0.1, 0.15) is 6.61 Å². The summed E-state index contributed by atoms with van der Waals surface area (Å²) in [7, 11) is 1.61. The van der Waals surface area contributed by atoms with Gasteiger partial charge in [-0.1, -0.05) is 30.3 Å². The number of benzene rings is 1. The Hall–Kier alpha value is -2.58. The van der Waals surface area contributed by atoms with E-state index < -0.39 is 12.1 Å². The van der Waals surface area contributed by atoms with E-state index in [0.29, 0.717) is 25.1 Å². The molecule has 2 N–H and O–H groups in total. The molecule has 0 spiro atoms. The third-order valence-electron chi connectivity index (χ3n) is 4.82. The first-order chi connectivity index (χ1) is 13.5. The number of piperidine rings is 1. The number of amides is 1. The Morgan fingerprint density at radius 2 is 2.07 bits per heavy atom. The van der Waals surface area contributed by atoms with Gasteiger partial charge in [-0.3, -0.25) is 0 Å². The number of ether oxygens (including phenoxy) is 2. The van der Waals surface area contributed by atoms with Gasteiger partial charge in [0.15, 0.2) is 0 Å². The quantitative estimate of drug-likeness (QED) is 0.768. The van der Waals surface area contributed by atoms with Crippen LogP contribution in [0.3, 0.4) is 0 Å². The van der Waals surface area contributed by atoms with Crippen LogP contribution >= 0.6 is 11.3 Å². The number of hydrogen-bond donors (Lipinski definition) is 2. The van der Waals surface area contributed by atoms with Crippen LogP contribution in [0.15, 0.2) is 36.4 Å². The summed E-state index contributed by atoms with van der Waals surface area (Å²) in [4.78, 5) is 26.3. The van der Waals surface area contributed by atoms with Crippen molar-refractivity contribution in [2.45, 2.75) is 32.1 Å². The van der Waals surface area contributed by atoms with Crippen molar-refractivity contribution in [3.63, 3.8) is 0 Å². The molecule has 28 heavy (non-hydrogen) atoms. The molecule has 3 rings (SSSR count). The normalized spacial score (nSPS) is 19.3. The van der Waals surface area contributed by atoms with E-state index in [1.54, 1.807) is 13.2 Å². The minimum absolute atomic E-state index is 0.162. The Kier molecular flexibility index (Phi) is 6.53. The number of methoxy groups -OCH3 is 1. The fraction of sp³-hybridized carbons (Fsp3) is 0.400. The summed E-state index contributed by atoms with van der Waals surface area (Å²) < 4.78 is 10.9. The minimum atomic E-state index is -0.916. The first-order valence-electron chi connectivity index (χ1n) is 9.06. The van der Waals surface area contributed by atoms with Crippen molar-refractivity contribution in [3.8, 4) is 0 Å². The van der Waals surface area contributed by atoms with Gasteiger partial charge in [-0.05, 0) is 25.0 Å². The van der Waals surface area contributed by atoms with Gasteiger partial charge in [-0.25, -0.2) is 9.59 Å². The number of alkyl carbamates (subject to hydrolysis) is 1. The highest BCUT2D eigenvalue weighted by Crippen LogP contribution is 2.32. The molecule has 2 aromatic rings. The van der Waals surface area contributed by atoms with Gasteiger partial charge in [0.25, 0.3) is 0 Å². The molecule has 1 aromatic carbocycles. The fourth-order valence-corrected chi connectivity index (χ4v) is 4.31. The highest BCUT2D eigenvalue weighted by Gasteiger charge is 2.32. The molecular formula is C20H24N2O5S. The van der Waals surface area contributed by atoms with Crippen molar-refractivity contribution < 1.29 is 24.2 Å². The molecule has 8 heteroatoms. The SMILES string of the molecule is CO[C@H]1CN(c2cc(C(=O)O)c(C)s2)CC[C@H]1NC(=O)OCc1ccccc1. The monoisotopic (exact) mass is 404 g/mol. The number of carbonyl (C=O) groups excluding carboxylic acids is 1. The Labute approximate surface area is 167 Å². The van der Waals surface area contributed by atoms with Crippen molar-refractivity contribution in [2.75, 3.05) is 25.1 Å². The standard InChI is InChI=1S/C20H24N2O5S/c1-13-15(19(23)24)10-18(28-13)22-9-8-16(17(11-22)26-2)21-20(25)27-12-14-6-4-3-5-7-14/h3-7,10,16-17H,8-9,11-12H2,1-2H3,(H,21,25)(H,23,24)/t16-,17+/m1/s1. The first-order valence-corrected chi connectivity index (χ1v) is 9.88. The van der Waals surface area contributed by atoms with E-state index in [1.807, 2.05) is 37.3 Å². The van der Waals surface area contributed by atoms with Crippen LogP contribution in [0.4, 0.5) is 9.80 Å². The van der Waals surface area contributed by atoms with Gasteiger partial charge in [0.2, 0.25) is 0 Å². The molecule has 0 saturated carbocycles. The van der Waals surface area contributed by atoms with Crippen molar-refractivity contribution in [2.24, 2.45) is 0 Å². The molecule has 1 amide bonds. The van der Waals surface area contributed by atoms with Gasteiger partial charge >= 0.3 is 12.1 Å². The lowest BCUT2D eigenvalue weighted by Crippen LogP contribution is -2.54. The number of nitrogens with zero attached hydrogens (tertiary/aromatic N) is 1. The van der Waals surface area contributed by atoms with E-state index in [2.05, 4.69) is 10.2 Å². The zero-order chi connectivity index (χ0) is 20.1. The van der Waals surface area contributed by atoms with Crippen molar-refractivity contribution in [1.29, 1.82) is 0 Å². The maximum Gasteiger partial charge on any atom is 0.407 e. The van der Waals surface area contributed by atoms with Crippen LogP contribution in [0, 0.1) is 6.92 Å². The van der Waals surface area contributed by atoms with E-state index in [0.717, 1.165) is 15.4 Å². The van der Waals surface area contributed by atoms with E-state index in [9.17, 15) is 14.7 Å². The number of anilines is 1. The average molecular weight is 404 g/mol. The van der Waals surface area contributed by atoms with E-state index >= 15 is 0 Å². The molecule has 0 bridgehead atoms. The molecule has 1 saturated heterocycles. The molecule has 1 fully saturated rings. The predicted molar refractivity (Wildman–Crippen MR) is 107 cm³/mol. The van der Waals surface area contributed by atoms with Crippen LogP contribution in [-0.2, 0) is 16.1 Å². The molecule has 2 atom stereocenters. The number of rotatable bonds is 6. The number of aromatic carboxylic acids is 1. The topological polar surface area (TPSA) is 88.1 Å². The molecule has 0 unspecified atom stereocenters. The van der Waals surface area contributed by atoms with E-state index in [-0.39, 0.29) is 18.8 Å². The van der Waals surface area contributed by atoms with Gasteiger partial charge in [0, 0.05) is 25.1 Å². The van der Waals surface area contributed by atoms with Crippen LogP contribution < -0.4 is 10.2 Å². The summed E-state index contributed by atoms with van der Waals surface area (Å²) in [5, 5.41) is 13.0. The second-order valence-corrected chi connectivity index (χ2v) is 7.92. The smallest absolute Gasteiger partial charge is 0.407 e. The number of carboxylic acid groups (broad SMARTS) is 1. The summed E-state index contributed by atoms with van der Waals surface area (Å²) in [5.41, 5.74) is 1.26. The highest BCUT2D eigenvalue weighted by atomic mass is 32.1. The van der Waals surface area contributed by atoms with Crippen molar-refractivity contribution in [3.05, 3.63) is 52.4 Å². The second-order valence-electron chi connectivity index (χ2n) is 6.68. The Morgan fingerprint density at radius 3 is 2.71 bits per heavy atom.